The molecule has 0 bridgehead atoms. The zero-order chi connectivity index (χ0) is 16.6. The van der Waals surface area contributed by atoms with Crippen molar-refractivity contribution in [2.75, 3.05) is 0 Å². The Balaban J connectivity index is 3.58. The highest BCUT2D eigenvalue weighted by atomic mass is 16.4. The smallest absolute Gasteiger partial charge is 0.317 e. The molecule has 4 heteroatoms. The summed E-state index contributed by atoms with van der Waals surface area (Å²) in [5.41, 5.74) is 0. The van der Waals surface area contributed by atoms with Crippen molar-refractivity contribution in [3.8, 4) is 23.7 Å². The minimum absolute atomic E-state index is 0.194. The summed E-state index contributed by atoms with van der Waals surface area (Å²) >= 11 is 0. The van der Waals surface area contributed by atoms with Crippen molar-refractivity contribution in [1.29, 1.82) is 0 Å². The number of carboxylic acids is 2. The molecular formula is C18H26O4. The van der Waals surface area contributed by atoms with Crippen molar-refractivity contribution in [3.05, 3.63) is 0 Å². The van der Waals surface area contributed by atoms with Gasteiger partial charge in [0.05, 0.1) is 0 Å². The number of carbonyl (C=O) groups is 2. The number of hydrogen-bond donors (Lipinski definition) is 2. The van der Waals surface area contributed by atoms with Gasteiger partial charge in [-0.15, -0.1) is 0 Å². The average molecular weight is 306 g/mol. The molecule has 0 aliphatic carbocycles. The summed E-state index contributed by atoms with van der Waals surface area (Å²) in [7, 11) is 0. The van der Waals surface area contributed by atoms with Crippen LogP contribution in [0.3, 0.4) is 0 Å². The Morgan fingerprint density at radius 1 is 0.818 bits per heavy atom. The van der Waals surface area contributed by atoms with Crippen LogP contribution in [0.25, 0.3) is 0 Å². The number of unbranched alkanes of at least 4 members (excludes halogenated alkanes) is 7. The van der Waals surface area contributed by atoms with Gasteiger partial charge in [0.1, 0.15) is 0 Å². The number of carboxylic acid groups (broad SMARTS) is 2. The van der Waals surface area contributed by atoms with Gasteiger partial charge in [0.25, 0.3) is 0 Å². The molecule has 0 atom stereocenters. The average Bonchev–Trinajstić information content (AvgIpc) is 2.46. The predicted octanol–water partition coefficient (Wildman–Crippen LogP) is 3.70. The molecule has 0 saturated carbocycles. The standard InChI is InChI=1S/C18H26O4/c1-2-3-4-5-6-7-8-9-10-11-12-13-14-15-16(17(19)20)18(21)22/h16H,2-5,10-15H2,1H3,(H,19,20)(H,21,22). The molecule has 0 aliphatic heterocycles. The summed E-state index contributed by atoms with van der Waals surface area (Å²) in [4.78, 5) is 21.4. The molecule has 0 aromatic carbocycles. The zero-order valence-electron chi connectivity index (χ0n) is 13.4. The summed E-state index contributed by atoms with van der Waals surface area (Å²) < 4.78 is 0. The van der Waals surface area contributed by atoms with E-state index in [-0.39, 0.29) is 6.42 Å². The first-order valence-corrected chi connectivity index (χ1v) is 8.01. The van der Waals surface area contributed by atoms with E-state index in [4.69, 9.17) is 10.2 Å². The lowest BCUT2D eigenvalue weighted by atomic mass is 10.0. The van der Waals surface area contributed by atoms with Gasteiger partial charge in [-0.2, -0.15) is 0 Å². The summed E-state index contributed by atoms with van der Waals surface area (Å²) in [6.07, 6.45) is 8.77. The van der Waals surface area contributed by atoms with Crippen LogP contribution in [0.1, 0.15) is 71.1 Å². The van der Waals surface area contributed by atoms with E-state index in [0.29, 0.717) is 6.42 Å². The van der Waals surface area contributed by atoms with Crippen molar-refractivity contribution in [1.82, 2.24) is 0 Å². The minimum atomic E-state index is -1.28. The van der Waals surface area contributed by atoms with Crippen molar-refractivity contribution in [2.24, 2.45) is 5.92 Å². The normalized spacial score (nSPS) is 9.55. The van der Waals surface area contributed by atoms with Crippen molar-refractivity contribution in [3.63, 3.8) is 0 Å². The highest BCUT2D eigenvalue weighted by molar-refractivity contribution is 5.92. The summed E-state index contributed by atoms with van der Waals surface area (Å²) in [6, 6.07) is 0. The topological polar surface area (TPSA) is 74.6 Å². The van der Waals surface area contributed by atoms with Crippen molar-refractivity contribution < 1.29 is 19.8 Å². The molecule has 22 heavy (non-hydrogen) atoms. The first-order valence-electron chi connectivity index (χ1n) is 8.01. The highest BCUT2D eigenvalue weighted by Crippen LogP contribution is 2.12. The van der Waals surface area contributed by atoms with Crippen LogP contribution in [0.4, 0.5) is 0 Å². The summed E-state index contributed by atoms with van der Waals surface area (Å²) in [6.45, 7) is 2.16. The molecule has 4 nitrogen and oxygen atoms in total. The van der Waals surface area contributed by atoms with Crippen LogP contribution in [-0.2, 0) is 9.59 Å². The molecule has 0 radical (unpaired) electrons. The van der Waals surface area contributed by atoms with Crippen LogP contribution in [0.2, 0.25) is 0 Å². The second-order valence-corrected chi connectivity index (χ2v) is 5.24. The molecule has 0 rings (SSSR count). The Labute approximate surface area is 133 Å². The summed E-state index contributed by atoms with van der Waals surface area (Å²) in [5, 5.41) is 17.4. The van der Waals surface area contributed by atoms with Gasteiger partial charge in [0.2, 0.25) is 0 Å². The Morgan fingerprint density at radius 2 is 1.32 bits per heavy atom. The quantitative estimate of drug-likeness (QED) is 0.347. The van der Waals surface area contributed by atoms with Gasteiger partial charge >= 0.3 is 11.9 Å². The molecule has 0 amide bonds. The third-order valence-electron chi connectivity index (χ3n) is 3.29. The molecule has 122 valence electrons. The lowest BCUT2D eigenvalue weighted by Crippen LogP contribution is -2.23. The molecule has 0 unspecified atom stereocenters. The van der Waals surface area contributed by atoms with Gasteiger partial charge in [0, 0.05) is 12.8 Å². The van der Waals surface area contributed by atoms with Gasteiger partial charge in [-0.25, -0.2) is 0 Å². The van der Waals surface area contributed by atoms with E-state index in [2.05, 4.69) is 30.6 Å². The fourth-order valence-corrected chi connectivity index (χ4v) is 1.94. The van der Waals surface area contributed by atoms with E-state index in [0.717, 1.165) is 38.5 Å². The third kappa shape index (κ3) is 11.9. The van der Waals surface area contributed by atoms with E-state index in [9.17, 15) is 9.59 Å². The fraction of sp³-hybridized carbons (Fsp3) is 0.667. The van der Waals surface area contributed by atoms with Gasteiger partial charge < -0.3 is 10.2 Å². The Hall–Kier alpha value is -1.94. The lowest BCUT2D eigenvalue weighted by molar-refractivity contribution is -0.154. The van der Waals surface area contributed by atoms with Gasteiger partial charge in [-0.1, -0.05) is 50.9 Å². The Bertz CT molecular complexity index is 431. The lowest BCUT2D eigenvalue weighted by Gasteiger charge is -2.06. The zero-order valence-corrected chi connectivity index (χ0v) is 13.4. The minimum Gasteiger partial charge on any atom is -0.481 e. The van der Waals surface area contributed by atoms with Crippen LogP contribution in [0.5, 0.6) is 0 Å². The first-order chi connectivity index (χ1) is 10.6. The van der Waals surface area contributed by atoms with Crippen molar-refractivity contribution in [2.45, 2.75) is 71.1 Å². The van der Waals surface area contributed by atoms with E-state index >= 15 is 0 Å². The molecule has 0 aromatic rings. The largest absolute Gasteiger partial charge is 0.481 e. The molecule has 2 N–H and O–H groups in total. The van der Waals surface area contributed by atoms with E-state index in [1.165, 1.54) is 12.8 Å². The monoisotopic (exact) mass is 306 g/mol. The summed E-state index contributed by atoms with van der Waals surface area (Å²) in [5.74, 6) is 7.93. The van der Waals surface area contributed by atoms with Gasteiger partial charge in [0.15, 0.2) is 5.92 Å². The number of aliphatic carboxylic acids is 2. The van der Waals surface area contributed by atoms with Crippen LogP contribution >= 0.6 is 0 Å². The van der Waals surface area contributed by atoms with E-state index in [1.54, 1.807) is 0 Å². The first kappa shape index (κ1) is 20.1. The third-order valence-corrected chi connectivity index (χ3v) is 3.29. The highest BCUT2D eigenvalue weighted by Gasteiger charge is 2.24. The molecular weight excluding hydrogens is 280 g/mol. The SMILES string of the molecule is CCCCCC#CC#CCCCCCCC(C(=O)O)C(=O)O. The Kier molecular flexibility index (Phi) is 12.8. The maximum atomic E-state index is 10.7. The molecule has 0 aromatic heterocycles. The van der Waals surface area contributed by atoms with Crippen LogP contribution in [-0.4, -0.2) is 22.2 Å². The number of hydrogen-bond acceptors (Lipinski definition) is 2. The van der Waals surface area contributed by atoms with E-state index < -0.39 is 17.9 Å². The molecule has 0 spiro atoms. The molecule has 0 heterocycles. The fourth-order valence-electron chi connectivity index (χ4n) is 1.94. The van der Waals surface area contributed by atoms with Crippen LogP contribution < -0.4 is 0 Å². The Morgan fingerprint density at radius 3 is 1.82 bits per heavy atom. The predicted molar refractivity (Wildman–Crippen MR) is 86.2 cm³/mol. The molecule has 0 fully saturated rings. The van der Waals surface area contributed by atoms with E-state index in [1.807, 2.05) is 0 Å². The maximum Gasteiger partial charge on any atom is 0.317 e. The van der Waals surface area contributed by atoms with Crippen LogP contribution in [0.15, 0.2) is 0 Å². The van der Waals surface area contributed by atoms with Crippen LogP contribution in [0, 0.1) is 29.6 Å². The number of rotatable bonds is 11. The van der Waals surface area contributed by atoms with Gasteiger partial charge in [-0.3, -0.25) is 9.59 Å². The maximum absolute atomic E-state index is 10.7. The molecule has 0 aliphatic rings. The second-order valence-electron chi connectivity index (χ2n) is 5.24. The van der Waals surface area contributed by atoms with Gasteiger partial charge in [-0.05, 0) is 31.1 Å². The second kappa shape index (κ2) is 14.0. The van der Waals surface area contributed by atoms with Crippen molar-refractivity contribution >= 4 is 11.9 Å². The molecule has 0 saturated heterocycles.